The van der Waals surface area contributed by atoms with Crippen LogP contribution in [0.3, 0.4) is 0 Å². The van der Waals surface area contributed by atoms with E-state index < -0.39 is 11.8 Å². The molecule has 0 bridgehead atoms. The summed E-state index contributed by atoms with van der Waals surface area (Å²) in [5.74, 6) is -1.13. The van der Waals surface area contributed by atoms with Crippen LogP contribution in [0.5, 0.6) is 5.75 Å². The zero-order valence-corrected chi connectivity index (χ0v) is 18.5. The summed E-state index contributed by atoms with van der Waals surface area (Å²) < 4.78 is 25.8. The molecule has 2 aromatic carbocycles. The number of para-hydroxylation sites is 1. The van der Waals surface area contributed by atoms with Crippen LogP contribution in [0.25, 0.3) is 0 Å². The molecule has 0 N–H and O–H groups in total. The van der Waals surface area contributed by atoms with E-state index in [9.17, 15) is 9.18 Å². The fourth-order valence-electron chi connectivity index (χ4n) is 4.06. The van der Waals surface area contributed by atoms with Gasteiger partial charge in [-0.25, -0.2) is 9.18 Å². The monoisotopic (exact) mass is 465 g/mol. The van der Waals surface area contributed by atoms with Crippen LogP contribution in [-0.4, -0.2) is 43.8 Å². The normalized spacial score (nSPS) is 15.7. The van der Waals surface area contributed by atoms with Gasteiger partial charge in [0, 0.05) is 5.56 Å². The van der Waals surface area contributed by atoms with Gasteiger partial charge in [0.1, 0.15) is 25.3 Å². The van der Waals surface area contributed by atoms with Crippen LogP contribution in [0, 0.1) is 5.82 Å². The zero-order chi connectivity index (χ0) is 19.8. The van der Waals surface area contributed by atoms with Gasteiger partial charge >= 0.3 is 5.97 Å². The third-order valence-corrected chi connectivity index (χ3v) is 5.56. The summed E-state index contributed by atoms with van der Waals surface area (Å²) in [5, 5.41) is 0. The van der Waals surface area contributed by atoms with E-state index in [1.165, 1.54) is 56.6 Å². The van der Waals surface area contributed by atoms with Crippen molar-refractivity contribution in [1.29, 1.82) is 0 Å². The standard InChI is InChI=1S/C23H29FNO3.BrH/c1-27-23(26)20-12-9-13-21(24)22(20)28-17-16-25(14-7-2-3-8-15-25)18-19-10-5-4-6-11-19;/h4-6,9-13H,2-3,7-8,14-18H2,1H3;1H/q+1;/p-1. The van der Waals surface area contributed by atoms with Crippen molar-refractivity contribution in [2.24, 2.45) is 0 Å². The van der Waals surface area contributed by atoms with Gasteiger partial charge in [0.2, 0.25) is 0 Å². The number of hydrogen-bond acceptors (Lipinski definition) is 3. The van der Waals surface area contributed by atoms with E-state index in [0.29, 0.717) is 6.61 Å². The molecule has 0 amide bonds. The highest BCUT2D eigenvalue weighted by molar-refractivity contribution is 5.92. The molecule has 6 heteroatoms. The summed E-state index contributed by atoms with van der Waals surface area (Å²) in [7, 11) is 1.29. The lowest BCUT2D eigenvalue weighted by molar-refractivity contribution is -0.940. The number of nitrogens with zero attached hydrogens (tertiary/aromatic N) is 1. The first-order valence-corrected chi connectivity index (χ1v) is 10.0. The van der Waals surface area contributed by atoms with Gasteiger partial charge < -0.3 is 30.9 Å². The van der Waals surface area contributed by atoms with Crippen molar-refractivity contribution in [2.75, 3.05) is 33.4 Å². The highest BCUT2D eigenvalue weighted by Gasteiger charge is 2.29. The van der Waals surface area contributed by atoms with Gasteiger partial charge in [-0.1, -0.05) is 36.4 Å². The lowest BCUT2D eigenvalue weighted by Gasteiger charge is -2.38. The summed E-state index contributed by atoms with van der Waals surface area (Å²) in [6, 6.07) is 14.8. The van der Waals surface area contributed by atoms with Crippen LogP contribution >= 0.6 is 0 Å². The maximum Gasteiger partial charge on any atom is 0.341 e. The van der Waals surface area contributed by atoms with Crippen LogP contribution in [0.2, 0.25) is 0 Å². The van der Waals surface area contributed by atoms with Crippen molar-refractivity contribution in [3.63, 3.8) is 0 Å². The third kappa shape index (κ3) is 6.28. The van der Waals surface area contributed by atoms with Gasteiger partial charge in [0.05, 0.1) is 20.2 Å². The molecule has 0 atom stereocenters. The van der Waals surface area contributed by atoms with Gasteiger partial charge in [0.25, 0.3) is 0 Å². The predicted octanol–water partition coefficient (Wildman–Crippen LogP) is 1.59. The molecule has 1 aliphatic rings. The van der Waals surface area contributed by atoms with E-state index in [1.54, 1.807) is 0 Å². The van der Waals surface area contributed by atoms with Crippen molar-refractivity contribution in [3.8, 4) is 5.75 Å². The van der Waals surface area contributed by atoms with Gasteiger partial charge in [-0.05, 0) is 37.8 Å². The average molecular weight is 466 g/mol. The first kappa shape index (κ1) is 23.4. The molecular formula is C23H29BrFNO3. The van der Waals surface area contributed by atoms with E-state index in [1.807, 2.05) is 6.07 Å². The number of hydrogen-bond donors (Lipinski definition) is 0. The Kier molecular flexibility index (Phi) is 9.11. The maximum atomic E-state index is 14.3. The molecule has 1 saturated heterocycles. The summed E-state index contributed by atoms with van der Waals surface area (Å²) in [4.78, 5) is 11.9. The number of ether oxygens (including phenoxy) is 2. The Balaban J connectivity index is 0.00000300. The summed E-state index contributed by atoms with van der Waals surface area (Å²) in [6.07, 6.45) is 4.91. The number of benzene rings is 2. The molecule has 158 valence electrons. The number of rotatable bonds is 7. The molecule has 0 spiro atoms. The topological polar surface area (TPSA) is 35.5 Å². The Labute approximate surface area is 183 Å². The second-order valence-electron chi connectivity index (χ2n) is 7.53. The molecule has 29 heavy (non-hydrogen) atoms. The fraction of sp³-hybridized carbons (Fsp3) is 0.435. The molecule has 2 aromatic rings. The number of carbonyl (C=O) groups is 1. The lowest BCUT2D eigenvalue weighted by atomic mass is 10.1. The van der Waals surface area contributed by atoms with E-state index in [2.05, 4.69) is 24.3 Å². The Bertz CT molecular complexity index is 777. The van der Waals surface area contributed by atoms with E-state index >= 15 is 0 Å². The number of likely N-dealkylation sites (tertiary alicyclic amines) is 1. The van der Waals surface area contributed by atoms with Crippen molar-refractivity contribution >= 4 is 5.97 Å². The average Bonchev–Trinajstić information content (AvgIpc) is 2.95. The largest absolute Gasteiger partial charge is 1.00 e. The van der Waals surface area contributed by atoms with Crippen LogP contribution in [0.1, 0.15) is 41.6 Å². The molecular weight excluding hydrogens is 437 g/mol. The maximum absolute atomic E-state index is 14.3. The molecule has 1 aliphatic heterocycles. The number of esters is 1. The summed E-state index contributed by atoms with van der Waals surface area (Å²) >= 11 is 0. The lowest BCUT2D eigenvalue weighted by Crippen LogP contribution is -3.00. The zero-order valence-electron chi connectivity index (χ0n) is 16.9. The number of quaternary nitrogens is 1. The molecule has 0 radical (unpaired) electrons. The van der Waals surface area contributed by atoms with Crippen molar-refractivity contribution < 1.29 is 40.1 Å². The van der Waals surface area contributed by atoms with Gasteiger partial charge in [-0.15, -0.1) is 0 Å². The van der Waals surface area contributed by atoms with Crippen molar-refractivity contribution in [3.05, 3.63) is 65.5 Å². The number of carbonyl (C=O) groups excluding carboxylic acids is 1. The Hall–Kier alpha value is -1.92. The number of methoxy groups -OCH3 is 1. The van der Waals surface area contributed by atoms with Gasteiger partial charge in [-0.2, -0.15) is 0 Å². The van der Waals surface area contributed by atoms with E-state index in [-0.39, 0.29) is 28.3 Å². The molecule has 3 rings (SSSR count). The third-order valence-electron chi connectivity index (χ3n) is 5.56. The first-order chi connectivity index (χ1) is 13.6. The van der Waals surface area contributed by atoms with Crippen LogP contribution in [-0.2, 0) is 11.3 Å². The molecule has 4 nitrogen and oxygen atoms in total. The quantitative estimate of drug-likeness (QED) is 0.460. The Morgan fingerprint density at radius 3 is 2.34 bits per heavy atom. The van der Waals surface area contributed by atoms with Gasteiger partial charge in [-0.3, -0.25) is 0 Å². The molecule has 0 aromatic heterocycles. The van der Waals surface area contributed by atoms with Gasteiger partial charge in [0.15, 0.2) is 11.6 Å². The molecule has 0 saturated carbocycles. The smallest absolute Gasteiger partial charge is 0.341 e. The first-order valence-electron chi connectivity index (χ1n) is 10.0. The summed E-state index contributed by atoms with van der Waals surface area (Å²) in [5.41, 5.74) is 1.44. The van der Waals surface area contributed by atoms with E-state index in [0.717, 1.165) is 30.7 Å². The predicted molar refractivity (Wildman–Crippen MR) is 107 cm³/mol. The highest BCUT2D eigenvalue weighted by Crippen LogP contribution is 2.26. The second kappa shape index (κ2) is 11.3. The summed E-state index contributed by atoms with van der Waals surface area (Å²) in [6.45, 7) is 4.28. The minimum Gasteiger partial charge on any atom is -1.00 e. The second-order valence-corrected chi connectivity index (χ2v) is 7.53. The van der Waals surface area contributed by atoms with Crippen LogP contribution in [0.4, 0.5) is 4.39 Å². The van der Waals surface area contributed by atoms with Crippen molar-refractivity contribution in [2.45, 2.75) is 32.2 Å². The SMILES string of the molecule is COC(=O)c1cccc(F)c1OCC[N+]1(Cc2ccccc2)CCCCCC1.[Br-]. The van der Waals surface area contributed by atoms with Crippen molar-refractivity contribution in [1.82, 2.24) is 0 Å². The van der Waals surface area contributed by atoms with E-state index in [4.69, 9.17) is 9.47 Å². The van der Waals surface area contributed by atoms with Crippen LogP contribution < -0.4 is 21.7 Å². The Morgan fingerprint density at radius 2 is 1.69 bits per heavy atom. The highest BCUT2D eigenvalue weighted by atomic mass is 79.9. The molecule has 0 unspecified atom stereocenters. The minimum absolute atomic E-state index is 0. The molecule has 0 aliphatic carbocycles. The minimum atomic E-state index is -0.586. The Morgan fingerprint density at radius 1 is 1.00 bits per heavy atom. The fourth-order valence-corrected chi connectivity index (χ4v) is 4.06. The number of halogens is 2. The molecule has 1 heterocycles. The van der Waals surface area contributed by atoms with Crippen LogP contribution in [0.15, 0.2) is 48.5 Å². The molecule has 1 fully saturated rings.